The van der Waals surface area contributed by atoms with Crippen LogP contribution in [0.2, 0.25) is 0 Å². The van der Waals surface area contributed by atoms with Crippen LogP contribution in [0, 0.1) is 6.92 Å². The Balaban J connectivity index is 1.76. The molecule has 6 nitrogen and oxygen atoms in total. The van der Waals surface area contributed by atoms with Crippen LogP contribution in [-0.2, 0) is 4.79 Å². The standard InChI is InChI=1S/C11H17N3O3/c1-3-11(16)6-14(7-11)5-10(15)12-9-4-8(2)17-13-9/h4,16H,3,5-7H2,1-2H3,(H,12,13,15). The number of rotatable bonds is 4. The molecule has 2 heterocycles. The van der Waals surface area contributed by atoms with E-state index in [4.69, 9.17) is 4.52 Å². The Bertz CT molecular complexity index is 410. The van der Waals surface area contributed by atoms with Gasteiger partial charge < -0.3 is 14.9 Å². The lowest BCUT2D eigenvalue weighted by atomic mass is 9.91. The lowest BCUT2D eigenvalue weighted by Crippen LogP contribution is -2.62. The topological polar surface area (TPSA) is 78.6 Å². The number of nitrogens with zero attached hydrogens (tertiary/aromatic N) is 2. The van der Waals surface area contributed by atoms with Gasteiger partial charge in [-0.15, -0.1) is 0 Å². The summed E-state index contributed by atoms with van der Waals surface area (Å²) in [6, 6.07) is 1.66. The third-order valence-corrected chi connectivity index (χ3v) is 2.96. The third-order valence-electron chi connectivity index (χ3n) is 2.96. The predicted octanol–water partition coefficient (Wildman–Crippen LogP) is 0.378. The highest BCUT2D eigenvalue weighted by Gasteiger charge is 2.39. The Morgan fingerprint density at radius 1 is 1.71 bits per heavy atom. The number of hydrogen-bond donors (Lipinski definition) is 2. The number of β-amino-alcohol motifs (C(OH)–C–C–N with tert-alkyl or cyclic N) is 1. The van der Waals surface area contributed by atoms with Gasteiger partial charge in [-0.3, -0.25) is 9.69 Å². The zero-order chi connectivity index (χ0) is 12.5. The normalized spacial score (nSPS) is 18.8. The van der Waals surface area contributed by atoms with Crippen molar-refractivity contribution in [2.75, 3.05) is 25.0 Å². The van der Waals surface area contributed by atoms with E-state index in [1.807, 2.05) is 11.8 Å². The molecule has 0 bridgehead atoms. The van der Waals surface area contributed by atoms with E-state index in [2.05, 4.69) is 10.5 Å². The zero-order valence-corrected chi connectivity index (χ0v) is 10.1. The Morgan fingerprint density at radius 3 is 2.94 bits per heavy atom. The number of amides is 1. The molecule has 94 valence electrons. The number of aromatic nitrogens is 1. The van der Waals surface area contributed by atoms with Crippen molar-refractivity contribution in [3.8, 4) is 0 Å². The number of aryl methyl sites for hydroxylation is 1. The molecule has 1 saturated heterocycles. The van der Waals surface area contributed by atoms with E-state index < -0.39 is 5.60 Å². The second-order valence-electron chi connectivity index (χ2n) is 4.59. The molecule has 0 spiro atoms. The van der Waals surface area contributed by atoms with Gasteiger partial charge in [0.2, 0.25) is 5.91 Å². The van der Waals surface area contributed by atoms with E-state index in [0.717, 1.165) is 0 Å². The van der Waals surface area contributed by atoms with Crippen molar-refractivity contribution in [1.29, 1.82) is 0 Å². The van der Waals surface area contributed by atoms with Gasteiger partial charge in [0.05, 0.1) is 12.1 Å². The summed E-state index contributed by atoms with van der Waals surface area (Å²) in [5, 5.41) is 16.1. The van der Waals surface area contributed by atoms with Crippen LogP contribution in [-0.4, -0.2) is 46.3 Å². The molecule has 0 aromatic carbocycles. The summed E-state index contributed by atoms with van der Waals surface area (Å²) < 4.78 is 4.84. The number of carbonyl (C=O) groups excluding carboxylic acids is 1. The molecule has 1 aliphatic heterocycles. The molecule has 0 atom stereocenters. The van der Waals surface area contributed by atoms with Crippen LogP contribution in [0.25, 0.3) is 0 Å². The highest BCUT2D eigenvalue weighted by molar-refractivity contribution is 5.91. The average Bonchev–Trinajstić information content (AvgIpc) is 2.61. The summed E-state index contributed by atoms with van der Waals surface area (Å²) >= 11 is 0. The number of anilines is 1. The van der Waals surface area contributed by atoms with Crippen LogP contribution in [0.15, 0.2) is 10.6 Å². The van der Waals surface area contributed by atoms with Gasteiger partial charge in [0.25, 0.3) is 0 Å². The molecule has 0 saturated carbocycles. The first-order valence-electron chi connectivity index (χ1n) is 5.69. The quantitative estimate of drug-likeness (QED) is 0.794. The highest BCUT2D eigenvalue weighted by Crippen LogP contribution is 2.23. The van der Waals surface area contributed by atoms with Crippen LogP contribution in [0.4, 0.5) is 5.82 Å². The minimum absolute atomic E-state index is 0.142. The molecule has 0 unspecified atom stereocenters. The fourth-order valence-electron chi connectivity index (χ4n) is 1.93. The number of likely N-dealkylation sites (tertiary alicyclic amines) is 1. The summed E-state index contributed by atoms with van der Waals surface area (Å²) in [5.41, 5.74) is -0.606. The van der Waals surface area contributed by atoms with Gasteiger partial charge in [-0.25, -0.2) is 0 Å². The Kier molecular flexibility index (Phi) is 3.17. The van der Waals surface area contributed by atoms with Gasteiger partial charge in [-0.1, -0.05) is 12.1 Å². The van der Waals surface area contributed by atoms with Crippen molar-refractivity contribution in [2.24, 2.45) is 0 Å². The Hall–Kier alpha value is -1.40. The van der Waals surface area contributed by atoms with Crippen LogP contribution in [0.5, 0.6) is 0 Å². The molecular formula is C11H17N3O3. The molecular weight excluding hydrogens is 222 g/mol. The highest BCUT2D eigenvalue weighted by atomic mass is 16.5. The summed E-state index contributed by atoms with van der Waals surface area (Å²) in [5.74, 6) is 0.944. The molecule has 6 heteroatoms. The molecule has 1 amide bonds. The van der Waals surface area contributed by atoms with E-state index in [9.17, 15) is 9.90 Å². The predicted molar refractivity (Wildman–Crippen MR) is 61.6 cm³/mol. The van der Waals surface area contributed by atoms with Gasteiger partial charge >= 0.3 is 0 Å². The number of hydrogen-bond acceptors (Lipinski definition) is 5. The Morgan fingerprint density at radius 2 is 2.41 bits per heavy atom. The first kappa shape index (κ1) is 12.1. The lowest BCUT2D eigenvalue weighted by molar-refractivity contribution is -0.128. The molecule has 2 N–H and O–H groups in total. The van der Waals surface area contributed by atoms with E-state index in [-0.39, 0.29) is 12.5 Å². The first-order chi connectivity index (χ1) is 8.00. The second-order valence-corrected chi connectivity index (χ2v) is 4.59. The van der Waals surface area contributed by atoms with Crippen molar-refractivity contribution in [3.05, 3.63) is 11.8 Å². The maximum Gasteiger partial charge on any atom is 0.239 e. The van der Waals surface area contributed by atoms with Crippen LogP contribution in [0.1, 0.15) is 19.1 Å². The molecule has 1 aromatic rings. The summed E-state index contributed by atoms with van der Waals surface area (Å²) in [4.78, 5) is 13.5. The van der Waals surface area contributed by atoms with Gasteiger partial charge in [0, 0.05) is 19.2 Å². The molecule has 1 aromatic heterocycles. The maximum atomic E-state index is 11.6. The largest absolute Gasteiger partial charge is 0.387 e. The second kappa shape index (κ2) is 4.46. The summed E-state index contributed by atoms with van der Waals surface area (Å²) in [6.07, 6.45) is 0.716. The van der Waals surface area contributed by atoms with Crippen molar-refractivity contribution in [3.63, 3.8) is 0 Å². The van der Waals surface area contributed by atoms with Gasteiger partial charge in [0.1, 0.15) is 5.76 Å². The van der Waals surface area contributed by atoms with Gasteiger partial charge in [-0.05, 0) is 13.3 Å². The third kappa shape index (κ3) is 2.83. The number of carbonyl (C=O) groups is 1. The smallest absolute Gasteiger partial charge is 0.239 e. The number of aliphatic hydroxyl groups is 1. The van der Waals surface area contributed by atoms with Crippen molar-refractivity contribution in [2.45, 2.75) is 25.9 Å². The molecule has 0 radical (unpaired) electrons. The maximum absolute atomic E-state index is 11.6. The van der Waals surface area contributed by atoms with Gasteiger partial charge in [-0.2, -0.15) is 0 Å². The van der Waals surface area contributed by atoms with E-state index >= 15 is 0 Å². The zero-order valence-electron chi connectivity index (χ0n) is 10.1. The first-order valence-corrected chi connectivity index (χ1v) is 5.69. The van der Waals surface area contributed by atoms with E-state index in [0.29, 0.717) is 31.1 Å². The van der Waals surface area contributed by atoms with Crippen LogP contribution in [0.3, 0.4) is 0 Å². The fourth-order valence-corrected chi connectivity index (χ4v) is 1.93. The van der Waals surface area contributed by atoms with Crippen molar-refractivity contribution < 1.29 is 14.4 Å². The average molecular weight is 239 g/mol. The SMILES string of the molecule is CCC1(O)CN(CC(=O)Nc2cc(C)on2)C1. The minimum Gasteiger partial charge on any atom is -0.387 e. The number of nitrogens with one attached hydrogen (secondary N) is 1. The molecule has 17 heavy (non-hydrogen) atoms. The van der Waals surface area contributed by atoms with E-state index in [1.54, 1.807) is 13.0 Å². The summed E-state index contributed by atoms with van der Waals surface area (Å²) in [7, 11) is 0. The van der Waals surface area contributed by atoms with Crippen molar-refractivity contribution in [1.82, 2.24) is 10.1 Å². The molecule has 0 aliphatic carbocycles. The lowest BCUT2D eigenvalue weighted by Gasteiger charge is -2.45. The van der Waals surface area contributed by atoms with Crippen LogP contribution < -0.4 is 5.32 Å². The minimum atomic E-state index is -0.606. The monoisotopic (exact) mass is 239 g/mol. The molecule has 1 aliphatic rings. The Labute approximate surface area is 99.6 Å². The molecule has 2 rings (SSSR count). The van der Waals surface area contributed by atoms with E-state index in [1.165, 1.54) is 0 Å². The molecule has 1 fully saturated rings. The fraction of sp³-hybridized carbons (Fsp3) is 0.636. The van der Waals surface area contributed by atoms with Crippen molar-refractivity contribution >= 4 is 11.7 Å². The summed E-state index contributed by atoms with van der Waals surface area (Å²) in [6.45, 7) is 5.08. The van der Waals surface area contributed by atoms with Gasteiger partial charge in [0.15, 0.2) is 5.82 Å². The van der Waals surface area contributed by atoms with Crippen LogP contribution >= 0.6 is 0 Å².